The Morgan fingerprint density at radius 3 is 1.35 bits per heavy atom. The van der Waals surface area contributed by atoms with Gasteiger partial charge in [0.15, 0.2) is 0 Å². The molecule has 0 radical (unpaired) electrons. The first-order valence-electron chi connectivity index (χ1n) is 8.75. The first-order valence-corrected chi connectivity index (χ1v) is 9.83. The molecule has 0 aliphatic heterocycles. The first kappa shape index (κ1) is 17.0. The zero-order valence-electron chi connectivity index (χ0n) is 14.6. The first-order chi connectivity index (χ1) is 12.8. The number of halogens is 1. The molecule has 0 spiro atoms. The van der Waals surface area contributed by atoms with Crippen LogP contribution in [0, 0.1) is 10.5 Å². The molecule has 26 heavy (non-hydrogen) atoms. The van der Waals surface area contributed by atoms with Crippen LogP contribution in [0.2, 0.25) is 0 Å². The normalized spacial score (nSPS) is 10.7. The van der Waals surface area contributed by atoms with E-state index in [0.29, 0.717) is 0 Å². The van der Waals surface area contributed by atoms with Crippen molar-refractivity contribution < 1.29 is 0 Å². The lowest BCUT2D eigenvalue weighted by molar-refractivity contribution is 1.43. The van der Waals surface area contributed by atoms with E-state index < -0.39 is 0 Å². The number of aryl methyl sites for hydroxylation is 1. The quantitative estimate of drug-likeness (QED) is 0.284. The third kappa shape index (κ3) is 3.19. The SMILES string of the molecule is Cc1cc(I)c(-c2ccccc2)c(-c2ccccc2)c1-c1ccccc1. The molecular weight excluding hydrogens is 427 g/mol. The van der Waals surface area contributed by atoms with Crippen LogP contribution in [0.15, 0.2) is 97.1 Å². The Labute approximate surface area is 168 Å². The molecule has 0 N–H and O–H groups in total. The summed E-state index contributed by atoms with van der Waals surface area (Å²) in [5, 5.41) is 0. The van der Waals surface area contributed by atoms with Crippen LogP contribution in [-0.2, 0) is 0 Å². The minimum Gasteiger partial charge on any atom is -0.0622 e. The summed E-state index contributed by atoms with van der Waals surface area (Å²) >= 11 is 2.48. The lowest BCUT2D eigenvalue weighted by Crippen LogP contribution is -1.96. The summed E-state index contributed by atoms with van der Waals surface area (Å²) < 4.78 is 1.28. The van der Waals surface area contributed by atoms with Gasteiger partial charge in [-0.15, -0.1) is 0 Å². The highest BCUT2D eigenvalue weighted by Crippen LogP contribution is 2.44. The van der Waals surface area contributed by atoms with Crippen molar-refractivity contribution in [3.8, 4) is 33.4 Å². The van der Waals surface area contributed by atoms with E-state index in [2.05, 4.69) is 127 Å². The lowest BCUT2D eigenvalue weighted by atomic mass is 9.85. The molecule has 0 aliphatic rings. The van der Waals surface area contributed by atoms with Crippen molar-refractivity contribution >= 4 is 22.6 Å². The maximum atomic E-state index is 2.48. The molecule has 0 aliphatic carbocycles. The second-order valence-corrected chi connectivity index (χ2v) is 7.56. The van der Waals surface area contributed by atoms with E-state index in [4.69, 9.17) is 0 Å². The summed E-state index contributed by atoms with van der Waals surface area (Å²) in [4.78, 5) is 0. The molecule has 4 rings (SSSR count). The summed E-state index contributed by atoms with van der Waals surface area (Å²) in [5.41, 5.74) is 9.02. The predicted molar refractivity (Wildman–Crippen MR) is 120 cm³/mol. The van der Waals surface area contributed by atoms with Gasteiger partial charge in [-0.25, -0.2) is 0 Å². The summed E-state index contributed by atoms with van der Waals surface area (Å²) in [6, 6.07) is 34.5. The van der Waals surface area contributed by atoms with Crippen LogP contribution >= 0.6 is 22.6 Å². The van der Waals surface area contributed by atoms with E-state index in [9.17, 15) is 0 Å². The van der Waals surface area contributed by atoms with Gasteiger partial charge in [0, 0.05) is 9.13 Å². The molecule has 4 aromatic carbocycles. The fourth-order valence-corrected chi connectivity index (χ4v) is 4.58. The van der Waals surface area contributed by atoms with Gasteiger partial charge in [-0.05, 0) is 69.0 Å². The van der Waals surface area contributed by atoms with Gasteiger partial charge < -0.3 is 0 Å². The largest absolute Gasteiger partial charge is 0.0622 e. The molecular formula is C25H19I. The van der Waals surface area contributed by atoms with Gasteiger partial charge in [0.05, 0.1) is 0 Å². The fraction of sp³-hybridized carbons (Fsp3) is 0.0400. The van der Waals surface area contributed by atoms with E-state index >= 15 is 0 Å². The smallest absolute Gasteiger partial charge is 0.0218 e. The van der Waals surface area contributed by atoms with Gasteiger partial charge >= 0.3 is 0 Å². The average Bonchev–Trinajstić information content (AvgIpc) is 2.69. The minimum absolute atomic E-state index is 1.26. The molecule has 0 saturated carbocycles. The van der Waals surface area contributed by atoms with Crippen LogP contribution in [0.25, 0.3) is 33.4 Å². The van der Waals surface area contributed by atoms with Crippen molar-refractivity contribution in [1.82, 2.24) is 0 Å². The molecule has 1 heteroatoms. The van der Waals surface area contributed by atoms with Crippen molar-refractivity contribution in [2.75, 3.05) is 0 Å². The van der Waals surface area contributed by atoms with Crippen LogP contribution < -0.4 is 0 Å². The molecule has 126 valence electrons. The Morgan fingerprint density at radius 2 is 0.885 bits per heavy atom. The third-order valence-corrected chi connectivity index (χ3v) is 5.51. The fourth-order valence-electron chi connectivity index (χ4n) is 3.53. The van der Waals surface area contributed by atoms with Crippen molar-refractivity contribution in [3.63, 3.8) is 0 Å². The predicted octanol–water partition coefficient (Wildman–Crippen LogP) is 7.60. The van der Waals surface area contributed by atoms with Crippen LogP contribution in [0.4, 0.5) is 0 Å². The molecule has 0 nitrogen and oxygen atoms in total. The zero-order valence-corrected chi connectivity index (χ0v) is 16.8. The molecule has 0 saturated heterocycles. The van der Waals surface area contributed by atoms with Crippen molar-refractivity contribution in [1.29, 1.82) is 0 Å². The maximum Gasteiger partial charge on any atom is 0.0218 e. The van der Waals surface area contributed by atoms with Crippen molar-refractivity contribution in [3.05, 3.63) is 106 Å². The van der Waals surface area contributed by atoms with Gasteiger partial charge in [-0.2, -0.15) is 0 Å². The highest BCUT2D eigenvalue weighted by Gasteiger charge is 2.19. The summed E-state index contributed by atoms with van der Waals surface area (Å²) in [7, 11) is 0. The van der Waals surface area contributed by atoms with E-state index in [1.807, 2.05) is 0 Å². The maximum absolute atomic E-state index is 2.48. The standard InChI is InChI=1S/C25H19I/c1-18-17-22(26)24(20-13-7-3-8-14-20)25(21-15-9-4-10-16-21)23(18)19-11-5-2-6-12-19/h2-17H,1H3. The highest BCUT2D eigenvalue weighted by molar-refractivity contribution is 14.1. The van der Waals surface area contributed by atoms with E-state index in [1.165, 1.54) is 42.5 Å². The summed E-state index contributed by atoms with van der Waals surface area (Å²) in [6.45, 7) is 2.21. The Bertz CT molecular complexity index is 956. The minimum atomic E-state index is 1.26. The van der Waals surface area contributed by atoms with Gasteiger partial charge in [-0.1, -0.05) is 91.0 Å². The lowest BCUT2D eigenvalue weighted by Gasteiger charge is -2.20. The van der Waals surface area contributed by atoms with Crippen LogP contribution in [0.3, 0.4) is 0 Å². The van der Waals surface area contributed by atoms with Crippen molar-refractivity contribution in [2.24, 2.45) is 0 Å². The number of hydrogen-bond donors (Lipinski definition) is 0. The van der Waals surface area contributed by atoms with Gasteiger partial charge in [-0.3, -0.25) is 0 Å². The average molecular weight is 446 g/mol. The molecule has 0 atom stereocenters. The van der Waals surface area contributed by atoms with Gasteiger partial charge in [0.1, 0.15) is 0 Å². The van der Waals surface area contributed by atoms with Gasteiger partial charge in [0.25, 0.3) is 0 Å². The van der Waals surface area contributed by atoms with E-state index in [0.717, 1.165) is 0 Å². The molecule has 4 aromatic rings. The van der Waals surface area contributed by atoms with Crippen LogP contribution in [0.1, 0.15) is 5.56 Å². The van der Waals surface area contributed by atoms with Crippen molar-refractivity contribution in [2.45, 2.75) is 6.92 Å². The Balaban J connectivity index is 2.13. The summed E-state index contributed by atoms with van der Waals surface area (Å²) in [5.74, 6) is 0. The zero-order chi connectivity index (χ0) is 17.9. The summed E-state index contributed by atoms with van der Waals surface area (Å²) in [6.07, 6.45) is 0. The highest BCUT2D eigenvalue weighted by atomic mass is 127. The van der Waals surface area contributed by atoms with Gasteiger partial charge in [0.2, 0.25) is 0 Å². The monoisotopic (exact) mass is 446 g/mol. The second-order valence-electron chi connectivity index (χ2n) is 6.40. The third-order valence-electron chi connectivity index (χ3n) is 4.66. The molecule has 0 unspecified atom stereocenters. The molecule has 0 amide bonds. The Kier molecular flexibility index (Phi) is 4.89. The number of hydrogen-bond acceptors (Lipinski definition) is 0. The second kappa shape index (κ2) is 7.46. The topological polar surface area (TPSA) is 0 Å². The molecule has 0 heterocycles. The number of benzene rings is 4. The molecule has 0 fully saturated rings. The molecule has 0 bridgehead atoms. The van der Waals surface area contributed by atoms with E-state index in [-0.39, 0.29) is 0 Å². The Morgan fingerprint density at radius 1 is 0.500 bits per heavy atom. The number of rotatable bonds is 3. The van der Waals surface area contributed by atoms with Crippen LogP contribution in [-0.4, -0.2) is 0 Å². The van der Waals surface area contributed by atoms with Crippen LogP contribution in [0.5, 0.6) is 0 Å². The Hall–Kier alpha value is -2.39. The van der Waals surface area contributed by atoms with E-state index in [1.54, 1.807) is 0 Å². The molecule has 0 aromatic heterocycles.